The Labute approximate surface area is 147 Å². The minimum absolute atomic E-state index is 0.104. The molecule has 3 heterocycles. The van der Waals surface area contributed by atoms with Crippen molar-refractivity contribution in [2.24, 2.45) is 0 Å². The number of amides is 1. The average molecular weight is 341 g/mol. The molecule has 132 valence electrons. The molecular weight excluding hydrogens is 318 g/mol. The second-order valence-corrected chi connectivity index (χ2v) is 6.18. The summed E-state index contributed by atoms with van der Waals surface area (Å²) in [5.41, 5.74) is 3.17. The molecule has 1 aliphatic heterocycles. The van der Waals surface area contributed by atoms with Gasteiger partial charge < -0.3 is 14.5 Å². The van der Waals surface area contributed by atoms with Gasteiger partial charge >= 0.3 is 0 Å². The average Bonchev–Trinajstić information content (AvgIpc) is 2.79. The first-order chi connectivity index (χ1) is 12.1. The minimum Gasteiger partial charge on any atom is -0.383 e. The Bertz CT molecular complexity index is 748. The fourth-order valence-electron chi connectivity index (χ4n) is 2.86. The Balaban J connectivity index is 1.86. The molecule has 7 heteroatoms. The summed E-state index contributed by atoms with van der Waals surface area (Å²) in [4.78, 5) is 29.9. The van der Waals surface area contributed by atoms with E-state index in [9.17, 15) is 4.79 Å². The predicted octanol–water partition coefficient (Wildman–Crippen LogP) is 1.60. The zero-order valence-corrected chi connectivity index (χ0v) is 14.9. The van der Waals surface area contributed by atoms with Crippen molar-refractivity contribution < 1.29 is 9.53 Å². The number of ether oxygens (including phenoxy) is 1. The van der Waals surface area contributed by atoms with E-state index in [0.717, 1.165) is 29.3 Å². The van der Waals surface area contributed by atoms with Crippen molar-refractivity contribution in [1.29, 1.82) is 0 Å². The Morgan fingerprint density at radius 2 is 2.00 bits per heavy atom. The van der Waals surface area contributed by atoms with Crippen LogP contribution in [0.2, 0.25) is 0 Å². The van der Waals surface area contributed by atoms with E-state index in [1.54, 1.807) is 19.5 Å². The fourth-order valence-corrected chi connectivity index (χ4v) is 2.86. The Hall–Kier alpha value is -2.54. The lowest BCUT2D eigenvalue weighted by Crippen LogP contribution is -2.37. The second-order valence-electron chi connectivity index (χ2n) is 6.18. The number of rotatable bonds is 4. The number of hydrogen-bond donors (Lipinski definition) is 0. The van der Waals surface area contributed by atoms with Crippen molar-refractivity contribution in [3.8, 4) is 0 Å². The third kappa shape index (κ3) is 3.93. The molecule has 0 unspecified atom stereocenters. The van der Waals surface area contributed by atoms with Crippen LogP contribution in [0.25, 0.3) is 0 Å². The van der Waals surface area contributed by atoms with E-state index in [2.05, 4.69) is 14.9 Å². The highest BCUT2D eigenvalue weighted by Crippen LogP contribution is 2.24. The summed E-state index contributed by atoms with van der Waals surface area (Å²) in [6, 6.07) is 4.02. The SMILES string of the molecule is COCCN1CCN(C(=O)c2cnc(C)cn2)Cc2ccc(C)nc21. The van der Waals surface area contributed by atoms with Crippen molar-refractivity contribution in [3.63, 3.8) is 0 Å². The topological polar surface area (TPSA) is 71.5 Å². The van der Waals surface area contributed by atoms with Crippen molar-refractivity contribution >= 4 is 11.7 Å². The zero-order chi connectivity index (χ0) is 17.8. The lowest BCUT2D eigenvalue weighted by atomic mass is 10.2. The van der Waals surface area contributed by atoms with Gasteiger partial charge in [-0.2, -0.15) is 0 Å². The molecule has 1 aliphatic rings. The van der Waals surface area contributed by atoms with Crippen LogP contribution in [0.1, 0.15) is 27.4 Å². The van der Waals surface area contributed by atoms with Gasteiger partial charge in [0.1, 0.15) is 11.5 Å². The van der Waals surface area contributed by atoms with Crippen LogP contribution >= 0.6 is 0 Å². The Morgan fingerprint density at radius 3 is 2.72 bits per heavy atom. The first kappa shape index (κ1) is 17.3. The lowest BCUT2D eigenvalue weighted by molar-refractivity contribution is 0.0744. The van der Waals surface area contributed by atoms with Crippen LogP contribution in [0.3, 0.4) is 0 Å². The van der Waals surface area contributed by atoms with Crippen molar-refractivity contribution in [2.75, 3.05) is 38.3 Å². The maximum Gasteiger partial charge on any atom is 0.274 e. The number of anilines is 1. The normalized spacial score (nSPS) is 14.2. The summed E-state index contributed by atoms with van der Waals surface area (Å²) in [6.45, 7) is 7.01. The summed E-state index contributed by atoms with van der Waals surface area (Å²) < 4.78 is 5.22. The number of carbonyl (C=O) groups is 1. The smallest absolute Gasteiger partial charge is 0.274 e. The van der Waals surface area contributed by atoms with Crippen LogP contribution in [0, 0.1) is 13.8 Å². The van der Waals surface area contributed by atoms with Gasteiger partial charge in [-0.15, -0.1) is 0 Å². The number of nitrogens with zero attached hydrogens (tertiary/aromatic N) is 5. The number of carbonyl (C=O) groups excluding carboxylic acids is 1. The summed E-state index contributed by atoms with van der Waals surface area (Å²) in [6.07, 6.45) is 3.16. The van der Waals surface area contributed by atoms with Crippen molar-refractivity contribution in [1.82, 2.24) is 19.9 Å². The highest BCUT2D eigenvalue weighted by atomic mass is 16.5. The van der Waals surface area contributed by atoms with E-state index in [-0.39, 0.29) is 5.91 Å². The molecule has 25 heavy (non-hydrogen) atoms. The molecule has 0 aliphatic carbocycles. The lowest BCUT2D eigenvalue weighted by Gasteiger charge is -2.23. The molecule has 0 radical (unpaired) electrons. The fraction of sp³-hybridized carbons (Fsp3) is 0.444. The quantitative estimate of drug-likeness (QED) is 0.841. The van der Waals surface area contributed by atoms with Gasteiger partial charge in [0.15, 0.2) is 0 Å². The van der Waals surface area contributed by atoms with Gasteiger partial charge in [0.05, 0.1) is 18.5 Å². The standard InChI is InChI=1S/C18H23N5O2/c1-13-4-5-15-12-23(18(24)16-11-19-14(2)10-20-16)7-6-22(8-9-25-3)17(15)21-13/h4-5,10-11H,6-9,12H2,1-3H3. The van der Waals surface area contributed by atoms with E-state index >= 15 is 0 Å². The van der Waals surface area contributed by atoms with Crippen molar-refractivity contribution in [3.05, 3.63) is 47.2 Å². The summed E-state index contributed by atoms with van der Waals surface area (Å²) >= 11 is 0. The second kappa shape index (κ2) is 7.57. The van der Waals surface area contributed by atoms with Gasteiger partial charge in [0, 0.05) is 50.7 Å². The summed E-state index contributed by atoms with van der Waals surface area (Å²) in [7, 11) is 1.69. The molecule has 0 bridgehead atoms. The first-order valence-electron chi connectivity index (χ1n) is 8.37. The van der Waals surface area contributed by atoms with Crippen LogP contribution in [0.4, 0.5) is 5.82 Å². The van der Waals surface area contributed by atoms with Crippen LogP contribution < -0.4 is 4.90 Å². The Morgan fingerprint density at radius 1 is 1.16 bits per heavy atom. The Kier molecular flexibility index (Phi) is 5.23. The van der Waals surface area contributed by atoms with Gasteiger partial charge in [-0.05, 0) is 19.9 Å². The number of fused-ring (bicyclic) bond motifs is 1. The van der Waals surface area contributed by atoms with E-state index in [1.165, 1.54) is 0 Å². The van der Waals surface area contributed by atoms with Gasteiger partial charge in [-0.3, -0.25) is 9.78 Å². The van der Waals surface area contributed by atoms with E-state index in [1.807, 2.05) is 30.9 Å². The third-order valence-electron chi connectivity index (χ3n) is 4.25. The summed E-state index contributed by atoms with van der Waals surface area (Å²) in [5.74, 6) is 0.829. The number of pyridine rings is 1. The number of aromatic nitrogens is 3. The van der Waals surface area contributed by atoms with Gasteiger partial charge in [-0.1, -0.05) is 6.07 Å². The molecule has 1 amide bonds. The molecule has 2 aromatic heterocycles. The molecule has 0 spiro atoms. The highest BCUT2D eigenvalue weighted by Gasteiger charge is 2.25. The third-order valence-corrected chi connectivity index (χ3v) is 4.25. The van der Waals surface area contributed by atoms with E-state index in [4.69, 9.17) is 9.72 Å². The first-order valence-corrected chi connectivity index (χ1v) is 8.37. The molecule has 0 N–H and O–H groups in total. The predicted molar refractivity (Wildman–Crippen MR) is 94.6 cm³/mol. The van der Waals surface area contributed by atoms with Crippen LogP contribution in [0.5, 0.6) is 0 Å². The monoisotopic (exact) mass is 341 g/mol. The molecule has 0 fully saturated rings. The molecule has 0 atom stereocenters. The molecule has 2 aromatic rings. The van der Waals surface area contributed by atoms with Crippen molar-refractivity contribution in [2.45, 2.75) is 20.4 Å². The van der Waals surface area contributed by atoms with Crippen LogP contribution in [-0.2, 0) is 11.3 Å². The van der Waals surface area contributed by atoms with E-state index < -0.39 is 0 Å². The van der Waals surface area contributed by atoms with Gasteiger partial charge in [0.25, 0.3) is 5.91 Å². The molecular formula is C18H23N5O2. The number of methoxy groups -OCH3 is 1. The molecule has 0 aromatic carbocycles. The zero-order valence-electron chi connectivity index (χ0n) is 14.9. The maximum atomic E-state index is 12.8. The van der Waals surface area contributed by atoms with Crippen LogP contribution in [-0.4, -0.2) is 59.1 Å². The highest BCUT2D eigenvalue weighted by molar-refractivity contribution is 5.92. The largest absolute Gasteiger partial charge is 0.383 e. The molecule has 0 saturated carbocycles. The molecule has 3 rings (SSSR count). The van der Waals surface area contributed by atoms with Gasteiger partial charge in [0.2, 0.25) is 0 Å². The van der Waals surface area contributed by atoms with Gasteiger partial charge in [-0.25, -0.2) is 9.97 Å². The summed E-state index contributed by atoms with van der Waals surface area (Å²) in [5, 5.41) is 0. The van der Waals surface area contributed by atoms with E-state index in [0.29, 0.717) is 31.9 Å². The molecule has 7 nitrogen and oxygen atoms in total. The number of hydrogen-bond acceptors (Lipinski definition) is 6. The number of aryl methyl sites for hydroxylation is 2. The maximum absolute atomic E-state index is 12.8. The minimum atomic E-state index is -0.104. The molecule has 0 saturated heterocycles. The van der Waals surface area contributed by atoms with Crippen LogP contribution in [0.15, 0.2) is 24.5 Å².